The van der Waals surface area contributed by atoms with Crippen LogP contribution in [0.15, 0.2) is 30.9 Å². The number of allylic oxidation sites excluding steroid dienone is 1. The molecule has 6 heteroatoms. The van der Waals surface area contributed by atoms with Gasteiger partial charge in [-0.05, 0) is 31.0 Å². The van der Waals surface area contributed by atoms with Crippen molar-refractivity contribution >= 4 is 11.9 Å². The third-order valence-corrected chi connectivity index (χ3v) is 2.89. The summed E-state index contributed by atoms with van der Waals surface area (Å²) in [6, 6.07) is 2.85. The predicted octanol–water partition coefficient (Wildman–Crippen LogP) is 1.91. The molecule has 0 heterocycles. The van der Waals surface area contributed by atoms with Gasteiger partial charge in [0.15, 0.2) is 0 Å². The first-order chi connectivity index (χ1) is 9.97. The molecular formula is C15H18FNO4. The standard InChI is InChI=1S/C15H18FNO4/c1-3-4-5-12(15(19)20)17-14(18)9-10-8-11(16)6-7-13(10)21-2/h3,6-8,12H,1,4-5,9H2,2H3,(H,17,18)(H,19,20). The van der Waals surface area contributed by atoms with Gasteiger partial charge < -0.3 is 15.2 Å². The molecule has 0 saturated carbocycles. The second kappa shape index (κ2) is 8.04. The minimum atomic E-state index is -1.11. The lowest BCUT2D eigenvalue weighted by Crippen LogP contribution is -2.41. The van der Waals surface area contributed by atoms with Gasteiger partial charge in [-0.15, -0.1) is 6.58 Å². The van der Waals surface area contributed by atoms with Crippen LogP contribution in [0.5, 0.6) is 5.75 Å². The molecule has 5 nitrogen and oxygen atoms in total. The highest BCUT2D eigenvalue weighted by Crippen LogP contribution is 2.19. The summed E-state index contributed by atoms with van der Waals surface area (Å²) in [5.74, 6) is -1.73. The van der Waals surface area contributed by atoms with E-state index in [0.717, 1.165) is 0 Å². The number of nitrogens with one attached hydrogen (secondary N) is 1. The van der Waals surface area contributed by atoms with Gasteiger partial charge in [-0.25, -0.2) is 9.18 Å². The van der Waals surface area contributed by atoms with Crippen molar-refractivity contribution < 1.29 is 23.8 Å². The first-order valence-corrected chi connectivity index (χ1v) is 6.43. The van der Waals surface area contributed by atoms with E-state index in [-0.39, 0.29) is 12.8 Å². The summed E-state index contributed by atoms with van der Waals surface area (Å²) in [5.41, 5.74) is 0.364. The molecule has 0 aliphatic carbocycles. The number of hydrogen-bond acceptors (Lipinski definition) is 3. The largest absolute Gasteiger partial charge is 0.496 e. The number of aliphatic carboxylic acids is 1. The molecule has 114 valence electrons. The summed E-state index contributed by atoms with van der Waals surface area (Å²) in [6.45, 7) is 3.51. The number of rotatable bonds is 8. The quantitative estimate of drug-likeness (QED) is 0.718. The van der Waals surface area contributed by atoms with E-state index >= 15 is 0 Å². The van der Waals surface area contributed by atoms with Gasteiger partial charge in [0.1, 0.15) is 17.6 Å². The smallest absolute Gasteiger partial charge is 0.326 e. The molecule has 0 spiro atoms. The Bertz CT molecular complexity index is 530. The van der Waals surface area contributed by atoms with E-state index in [1.54, 1.807) is 6.08 Å². The lowest BCUT2D eigenvalue weighted by atomic mass is 10.1. The molecule has 0 aromatic heterocycles. The van der Waals surface area contributed by atoms with Gasteiger partial charge in [0.2, 0.25) is 5.91 Å². The molecule has 0 bridgehead atoms. The number of amides is 1. The normalized spacial score (nSPS) is 11.5. The number of carboxylic acid groups (broad SMARTS) is 1. The van der Waals surface area contributed by atoms with Crippen LogP contribution in [0.1, 0.15) is 18.4 Å². The van der Waals surface area contributed by atoms with Crippen LogP contribution >= 0.6 is 0 Å². The van der Waals surface area contributed by atoms with Gasteiger partial charge in [0.25, 0.3) is 0 Å². The fourth-order valence-electron chi connectivity index (χ4n) is 1.85. The molecule has 1 atom stereocenters. The highest BCUT2D eigenvalue weighted by molar-refractivity contribution is 5.85. The van der Waals surface area contributed by atoms with Gasteiger partial charge in [0.05, 0.1) is 13.5 Å². The van der Waals surface area contributed by atoms with Crippen molar-refractivity contribution in [3.8, 4) is 5.75 Å². The van der Waals surface area contributed by atoms with Crippen LogP contribution in [0, 0.1) is 5.82 Å². The SMILES string of the molecule is C=CCCC(NC(=O)Cc1cc(F)ccc1OC)C(=O)O. The fourth-order valence-corrected chi connectivity index (χ4v) is 1.85. The van der Waals surface area contributed by atoms with Crippen LogP contribution in [-0.4, -0.2) is 30.1 Å². The maximum atomic E-state index is 13.2. The summed E-state index contributed by atoms with van der Waals surface area (Å²) in [5, 5.41) is 11.4. The van der Waals surface area contributed by atoms with Crippen molar-refractivity contribution in [1.82, 2.24) is 5.32 Å². The Morgan fingerprint density at radius 1 is 1.52 bits per heavy atom. The molecule has 1 amide bonds. The summed E-state index contributed by atoms with van der Waals surface area (Å²) < 4.78 is 18.2. The van der Waals surface area contributed by atoms with Crippen LogP contribution < -0.4 is 10.1 Å². The van der Waals surface area contributed by atoms with E-state index in [1.807, 2.05) is 0 Å². The van der Waals surface area contributed by atoms with Gasteiger partial charge in [-0.1, -0.05) is 6.08 Å². The van der Waals surface area contributed by atoms with E-state index in [2.05, 4.69) is 11.9 Å². The summed E-state index contributed by atoms with van der Waals surface area (Å²) in [6.07, 6.45) is 2.15. The lowest BCUT2D eigenvalue weighted by Gasteiger charge is -2.14. The summed E-state index contributed by atoms with van der Waals surface area (Å²) >= 11 is 0. The molecule has 1 aromatic carbocycles. The molecular weight excluding hydrogens is 277 g/mol. The first-order valence-electron chi connectivity index (χ1n) is 6.43. The van der Waals surface area contributed by atoms with E-state index in [4.69, 9.17) is 9.84 Å². The molecule has 1 unspecified atom stereocenters. The van der Waals surface area contributed by atoms with Crippen LogP contribution in [0.3, 0.4) is 0 Å². The minimum absolute atomic E-state index is 0.154. The molecule has 0 fully saturated rings. The fraction of sp³-hybridized carbons (Fsp3) is 0.333. The Morgan fingerprint density at radius 2 is 2.24 bits per heavy atom. The number of carbonyl (C=O) groups excluding carboxylic acids is 1. The van der Waals surface area contributed by atoms with Crippen molar-refractivity contribution in [2.75, 3.05) is 7.11 Å². The Morgan fingerprint density at radius 3 is 2.81 bits per heavy atom. The second-order valence-corrected chi connectivity index (χ2v) is 4.46. The average molecular weight is 295 g/mol. The van der Waals surface area contributed by atoms with Crippen LogP contribution in [0.4, 0.5) is 4.39 Å². The van der Waals surface area contributed by atoms with Gasteiger partial charge in [-0.2, -0.15) is 0 Å². The third-order valence-electron chi connectivity index (χ3n) is 2.89. The predicted molar refractivity (Wildman–Crippen MR) is 75.7 cm³/mol. The monoisotopic (exact) mass is 295 g/mol. The average Bonchev–Trinajstić information content (AvgIpc) is 2.43. The molecule has 0 aliphatic heterocycles. The van der Waals surface area contributed by atoms with E-state index in [1.165, 1.54) is 25.3 Å². The highest BCUT2D eigenvalue weighted by Gasteiger charge is 2.20. The molecule has 1 rings (SSSR count). The van der Waals surface area contributed by atoms with E-state index < -0.39 is 23.7 Å². The van der Waals surface area contributed by atoms with E-state index in [0.29, 0.717) is 17.7 Å². The van der Waals surface area contributed by atoms with Crippen molar-refractivity contribution in [3.63, 3.8) is 0 Å². The van der Waals surface area contributed by atoms with Crippen LogP contribution in [-0.2, 0) is 16.0 Å². The Balaban J connectivity index is 2.73. The molecule has 0 aliphatic rings. The Kier molecular flexibility index (Phi) is 6.39. The zero-order chi connectivity index (χ0) is 15.8. The number of carboxylic acids is 1. The summed E-state index contributed by atoms with van der Waals surface area (Å²) in [4.78, 5) is 22.9. The highest BCUT2D eigenvalue weighted by atomic mass is 19.1. The maximum absolute atomic E-state index is 13.2. The number of ether oxygens (including phenoxy) is 1. The lowest BCUT2D eigenvalue weighted by molar-refractivity contribution is -0.141. The van der Waals surface area contributed by atoms with Gasteiger partial charge >= 0.3 is 5.97 Å². The number of benzene rings is 1. The Labute approximate surface area is 122 Å². The topological polar surface area (TPSA) is 75.6 Å². The molecule has 21 heavy (non-hydrogen) atoms. The van der Waals surface area contributed by atoms with Gasteiger partial charge in [0, 0.05) is 5.56 Å². The number of halogens is 1. The third kappa shape index (κ3) is 5.25. The minimum Gasteiger partial charge on any atom is -0.496 e. The molecule has 2 N–H and O–H groups in total. The van der Waals surface area contributed by atoms with Crippen molar-refractivity contribution in [2.45, 2.75) is 25.3 Å². The number of hydrogen-bond donors (Lipinski definition) is 2. The zero-order valence-corrected chi connectivity index (χ0v) is 11.8. The van der Waals surface area contributed by atoms with Crippen molar-refractivity contribution in [1.29, 1.82) is 0 Å². The molecule has 1 aromatic rings. The summed E-state index contributed by atoms with van der Waals surface area (Å²) in [7, 11) is 1.42. The first kappa shape index (κ1) is 16.7. The number of methoxy groups -OCH3 is 1. The maximum Gasteiger partial charge on any atom is 0.326 e. The second-order valence-electron chi connectivity index (χ2n) is 4.46. The van der Waals surface area contributed by atoms with Crippen LogP contribution in [0.25, 0.3) is 0 Å². The van der Waals surface area contributed by atoms with Crippen molar-refractivity contribution in [2.24, 2.45) is 0 Å². The zero-order valence-electron chi connectivity index (χ0n) is 11.8. The van der Waals surface area contributed by atoms with Gasteiger partial charge in [-0.3, -0.25) is 4.79 Å². The van der Waals surface area contributed by atoms with Crippen molar-refractivity contribution in [3.05, 3.63) is 42.2 Å². The molecule has 0 saturated heterocycles. The van der Waals surface area contributed by atoms with Crippen LogP contribution in [0.2, 0.25) is 0 Å². The molecule has 0 radical (unpaired) electrons. The van der Waals surface area contributed by atoms with E-state index in [9.17, 15) is 14.0 Å². The Hall–Kier alpha value is -2.37. The number of carbonyl (C=O) groups is 2.